The average molecular weight is 325 g/mol. The summed E-state index contributed by atoms with van der Waals surface area (Å²) >= 11 is 11.7. The third-order valence-electron chi connectivity index (χ3n) is 2.64. The molecule has 0 aliphatic heterocycles. The second-order valence-electron chi connectivity index (χ2n) is 4.23. The summed E-state index contributed by atoms with van der Waals surface area (Å²) in [6.07, 6.45) is 0. The number of nitrogens with zero attached hydrogens (tertiary/aromatic N) is 1. The van der Waals surface area contributed by atoms with E-state index in [4.69, 9.17) is 28.3 Å². The third kappa shape index (κ3) is 3.51. The highest BCUT2D eigenvalue weighted by Gasteiger charge is 2.18. The predicted octanol–water partition coefficient (Wildman–Crippen LogP) is 3.65. The average Bonchev–Trinajstić information content (AvgIpc) is 2.41. The Hall–Kier alpha value is -2.11. The Labute approximate surface area is 130 Å². The molecular weight excluding hydrogens is 315 g/mol. The van der Waals surface area contributed by atoms with Gasteiger partial charge in [-0.3, -0.25) is 4.79 Å². The molecule has 1 aromatic carbocycles. The zero-order valence-corrected chi connectivity index (χ0v) is 12.4. The summed E-state index contributed by atoms with van der Waals surface area (Å²) in [4.78, 5) is 27.4. The summed E-state index contributed by atoms with van der Waals surface area (Å²) < 4.78 is 0. The molecule has 0 bridgehead atoms. The van der Waals surface area contributed by atoms with Crippen molar-refractivity contribution in [3.05, 3.63) is 57.3 Å². The van der Waals surface area contributed by atoms with Crippen molar-refractivity contribution in [1.29, 1.82) is 0 Å². The fourth-order valence-corrected chi connectivity index (χ4v) is 2.26. The van der Waals surface area contributed by atoms with Gasteiger partial charge in [-0.05, 0) is 31.2 Å². The first kappa shape index (κ1) is 15.3. The molecule has 2 rings (SSSR count). The molecule has 7 heteroatoms. The Morgan fingerprint density at radius 1 is 1.24 bits per heavy atom. The van der Waals surface area contributed by atoms with Crippen molar-refractivity contribution in [2.45, 2.75) is 6.92 Å². The van der Waals surface area contributed by atoms with Crippen molar-refractivity contribution in [2.75, 3.05) is 5.32 Å². The Kier molecular flexibility index (Phi) is 4.45. The first-order valence-corrected chi connectivity index (χ1v) is 6.61. The van der Waals surface area contributed by atoms with E-state index < -0.39 is 11.9 Å². The van der Waals surface area contributed by atoms with Crippen LogP contribution in [0.2, 0.25) is 10.0 Å². The van der Waals surface area contributed by atoms with Crippen molar-refractivity contribution in [1.82, 2.24) is 4.98 Å². The zero-order valence-electron chi connectivity index (χ0n) is 10.9. The van der Waals surface area contributed by atoms with E-state index in [-0.39, 0.29) is 27.0 Å². The molecule has 0 spiro atoms. The summed E-state index contributed by atoms with van der Waals surface area (Å²) in [5.74, 6) is -1.79. The van der Waals surface area contributed by atoms with Crippen molar-refractivity contribution >= 4 is 40.8 Å². The van der Waals surface area contributed by atoms with Gasteiger partial charge < -0.3 is 10.4 Å². The van der Waals surface area contributed by atoms with E-state index in [1.165, 1.54) is 18.2 Å². The number of nitrogens with one attached hydrogen (secondary N) is 1. The largest absolute Gasteiger partial charge is 0.478 e. The molecule has 2 N–H and O–H groups in total. The van der Waals surface area contributed by atoms with Crippen LogP contribution in [0.3, 0.4) is 0 Å². The standard InChI is InChI=1S/C14H10Cl2N2O3/c1-7-3-2-4-11(17-7)13(19)18-12-9(14(20)21)5-8(15)6-10(12)16/h2-6H,1H3,(H,18,19)(H,20,21). The minimum atomic E-state index is -1.24. The summed E-state index contributed by atoms with van der Waals surface area (Å²) in [6.45, 7) is 1.74. The highest BCUT2D eigenvalue weighted by molar-refractivity contribution is 6.38. The van der Waals surface area contributed by atoms with Gasteiger partial charge in [-0.25, -0.2) is 9.78 Å². The van der Waals surface area contributed by atoms with Crippen LogP contribution in [0, 0.1) is 6.92 Å². The van der Waals surface area contributed by atoms with Crippen LogP contribution in [0.25, 0.3) is 0 Å². The zero-order chi connectivity index (χ0) is 15.6. The number of carbonyl (C=O) groups is 2. The Bertz CT molecular complexity index is 732. The first-order chi connectivity index (χ1) is 9.88. The predicted molar refractivity (Wildman–Crippen MR) is 80.3 cm³/mol. The lowest BCUT2D eigenvalue weighted by Crippen LogP contribution is -2.17. The fraction of sp³-hybridized carbons (Fsp3) is 0.0714. The van der Waals surface area contributed by atoms with E-state index in [9.17, 15) is 9.59 Å². The molecule has 0 radical (unpaired) electrons. The monoisotopic (exact) mass is 324 g/mol. The van der Waals surface area contributed by atoms with Gasteiger partial charge in [0.25, 0.3) is 5.91 Å². The lowest BCUT2D eigenvalue weighted by molar-refractivity contribution is 0.0698. The van der Waals surface area contributed by atoms with Crippen LogP contribution in [-0.2, 0) is 0 Å². The van der Waals surface area contributed by atoms with Crippen LogP contribution in [0.4, 0.5) is 5.69 Å². The van der Waals surface area contributed by atoms with Crippen molar-refractivity contribution in [2.24, 2.45) is 0 Å². The Balaban J connectivity index is 2.39. The van der Waals surface area contributed by atoms with Crippen molar-refractivity contribution < 1.29 is 14.7 Å². The Morgan fingerprint density at radius 2 is 1.95 bits per heavy atom. The number of aromatic carboxylic acids is 1. The number of carboxylic acids is 1. The molecule has 2 aromatic rings. The van der Waals surface area contributed by atoms with Crippen LogP contribution >= 0.6 is 23.2 Å². The molecule has 21 heavy (non-hydrogen) atoms. The molecular formula is C14H10Cl2N2O3. The molecule has 0 aliphatic carbocycles. The van der Waals surface area contributed by atoms with Gasteiger partial charge in [-0.15, -0.1) is 0 Å². The van der Waals surface area contributed by atoms with E-state index in [0.717, 1.165) is 0 Å². The molecule has 0 aliphatic rings. The number of hydrogen-bond acceptors (Lipinski definition) is 3. The SMILES string of the molecule is Cc1cccc(C(=O)Nc2c(Cl)cc(Cl)cc2C(=O)O)n1. The van der Waals surface area contributed by atoms with Gasteiger partial charge in [-0.2, -0.15) is 0 Å². The number of halogens is 2. The number of carbonyl (C=O) groups excluding carboxylic acids is 1. The first-order valence-electron chi connectivity index (χ1n) is 5.86. The van der Waals surface area contributed by atoms with E-state index in [2.05, 4.69) is 10.3 Å². The van der Waals surface area contributed by atoms with Gasteiger partial charge >= 0.3 is 5.97 Å². The number of carboxylic acid groups (broad SMARTS) is 1. The lowest BCUT2D eigenvalue weighted by atomic mass is 10.1. The van der Waals surface area contributed by atoms with Crippen LogP contribution in [0.15, 0.2) is 30.3 Å². The number of anilines is 1. The maximum atomic E-state index is 12.1. The van der Waals surface area contributed by atoms with Crippen LogP contribution in [0.5, 0.6) is 0 Å². The smallest absolute Gasteiger partial charge is 0.337 e. The van der Waals surface area contributed by atoms with Gasteiger partial charge in [-0.1, -0.05) is 29.3 Å². The van der Waals surface area contributed by atoms with Crippen molar-refractivity contribution in [3.63, 3.8) is 0 Å². The molecule has 0 atom stereocenters. The number of amides is 1. The minimum Gasteiger partial charge on any atom is -0.478 e. The maximum Gasteiger partial charge on any atom is 0.337 e. The third-order valence-corrected chi connectivity index (χ3v) is 3.16. The van der Waals surface area contributed by atoms with E-state index in [1.54, 1.807) is 19.1 Å². The lowest BCUT2D eigenvalue weighted by Gasteiger charge is -2.11. The summed E-state index contributed by atoms with van der Waals surface area (Å²) in [6, 6.07) is 7.52. The minimum absolute atomic E-state index is 0.0122. The summed E-state index contributed by atoms with van der Waals surface area (Å²) in [7, 11) is 0. The number of rotatable bonds is 3. The molecule has 108 valence electrons. The van der Waals surface area contributed by atoms with Gasteiger partial charge in [0.2, 0.25) is 0 Å². The van der Waals surface area contributed by atoms with Gasteiger partial charge in [0.1, 0.15) is 5.69 Å². The molecule has 0 saturated heterocycles. The highest BCUT2D eigenvalue weighted by atomic mass is 35.5. The second kappa shape index (κ2) is 6.11. The fourth-order valence-electron chi connectivity index (χ4n) is 1.72. The quantitative estimate of drug-likeness (QED) is 0.903. The molecule has 1 heterocycles. The molecule has 5 nitrogen and oxygen atoms in total. The van der Waals surface area contributed by atoms with Crippen molar-refractivity contribution in [3.8, 4) is 0 Å². The van der Waals surface area contributed by atoms with E-state index in [1.807, 2.05) is 0 Å². The molecule has 1 aromatic heterocycles. The second-order valence-corrected chi connectivity index (χ2v) is 5.08. The number of aromatic nitrogens is 1. The number of benzene rings is 1. The van der Waals surface area contributed by atoms with E-state index >= 15 is 0 Å². The molecule has 0 saturated carbocycles. The summed E-state index contributed by atoms with van der Waals surface area (Å²) in [5.41, 5.74) is 0.635. The summed E-state index contributed by atoms with van der Waals surface area (Å²) in [5, 5.41) is 11.8. The van der Waals surface area contributed by atoms with Gasteiger partial charge in [0.15, 0.2) is 0 Å². The number of aryl methyl sites for hydroxylation is 1. The Morgan fingerprint density at radius 3 is 2.57 bits per heavy atom. The van der Waals surface area contributed by atoms with Crippen LogP contribution < -0.4 is 5.32 Å². The molecule has 1 amide bonds. The van der Waals surface area contributed by atoms with E-state index in [0.29, 0.717) is 5.69 Å². The van der Waals surface area contributed by atoms with Crippen LogP contribution in [-0.4, -0.2) is 22.0 Å². The molecule has 0 unspecified atom stereocenters. The normalized spacial score (nSPS) is 10.2. The van der Waals surface area contributed by atoms with Crippen LogP contribution in [0.1, 0.15) is 26.5 Å². The highest BCUT2D eigenvalue weighted by Crippen LogP contribution is 2.30. The van der Waals surface area contributed by atoms with Gasteiger partial charge in [0, 0.05) is 10.7 Å². The number of pyridine rings is 1. The van der Waals surface area contributed by atoms with Gasteiger partial charge in [0.05, 0.1) is 16.3 Å². The maximum absolute atomic E-state index is 12.1. The molecule has 0 fully saturated rings. The topological polar surface area (TPSA) is 79.3 Å². The number of hydrogen-bond donors (Lipinski definition) is 2.